The minimum absolute atomic E-state index is 0.0340. The number of nitrogens with zero attached hydrogens (tertiary/aromatic N) is 1. The van der Waals surface area contributed by atoms with E-state index in [9.17, 15) is 19.3 Å². The Labute approximate surface area is 142 Å². The van der Waals surface area contributed by atoms with Gasteiger partial charge in [0.1, 0.15) is 5.82 Å². The number of carbonyl (C=O) groups excluding carboxylic acids is 1. The molecule has 0 aliphatic carbocycles. The second-order valence-electron chi connectivity index (χ2n) is 4.82. The maximum absolute atomic E-state index is 12.8. The van der Waals surface area contributed by atoms with Crippen molar-refractivity contribution in [2.75, 3.05) is 24.2 Å². The van der Waals surface area contributed by atoms with Crippen LogP contribution >= 0.6 is 11.8 Å². The first-order valence-corrected chi connectivity index (χ1v) is 8.16. The first kappa shape index (κ1) is 17.7. The van der Waals surface area contributed by atoms with Gasteiger partial charge in [0.2, 0.25) is 5.91 Å². The predicted octanol–water partition coefficient (Wildman–Crippen LogP) is 3.05. The average molecular weight is 349 g/mol. The number of hydrogen-bond donors (Lipinski definition) is 2. The van der Waals surface area contributed by atoms with Gasteiger partial charge >= 0.3 is 0 Å². The van der Waals surface area contributed by atoms with Crippen molar-refractivity contribution < 1.29 is 14.1 Å². The lowest BCUT2D eigenvalue weighted by molar-refractivity contribution is -0.384. The molecule has 0 aliphatic rings. The van der Waals surface area contributed by atoms with Crippen LogP contribution < -0.4 is 10.6 Å². The number of benzene rings is 2. The van der Waals surface area contributed by atoms with E-state index >= 15 is 0 Å². The molecule has 0 spiro atoms. The van der Waals surface area contributed by atoms with Crippen LogP contribution in [-0.2, 0) is 4.79 Å². The van der Waals surface area contributed by atoms with Crippen LogP contribution in [0.15, 0.2) is 53.4 Å². The summed E-state index contributed by atoms with van der Waals surface area (Å²) >= 11 is 1.33. The fraction of sp³-hybridized carbons (Fsp3) is 0.188. The molecule has 0 saturated carbocycles. The first-order valence-electron chi connectivity index (χ1n) is 7.18. The topological polar surface area (TPSA) is 84.3 Å². The fourth-order valence-corrected chi connectivity index (χ4v) is 2.57. The number of halogens is 1. The molecule has 0 radical (unpaired) electrons. The van der Waals surface area contributed by atoms with Gasteiger partial charge in [-0.05, 0) is 36.4 Å². The van der Waals surface area contributed by atoms with Gasteiger partial charge in [-0.2, -0.15) is 0 Å². The lowest BCUT2D eigenvalue weighted by atomic mass is 10.3. The van der Waals surface area contributed by atoms with E-state index in [1.807, 2.05) is 0 Å². The number of anilines is 1. The van der Waals surface area contributed by atoms with E-state index < -0.39 is 4.92 Å². The summed E-state index contributed by atoms with van der Waals surface area (Å²) in [7, 11) is 0. The minimum Gasteiger partial charge on any atom is -0.383 e. The van der Waals surface area contributed by atoms with Crippen molar-refractivity contribution in [1.29, 1.82) is 0 Å². The zero-order chi connectivity index (χ0) is 17.4. The Morgan fingerprint density at radius 3 is 2.38 bits per heavy atom. The quantitative estimate of drug-likeness (QED) is 0.331. The van der Waals surface area contributed by atoms with Crippen LogP contribution in [0.2, 0.25) is 0 Å². The van der Waals surface area contributed by atoms with Gasteiger partial charge in [-0.25, -0.2) is 4.39 Å². The summed E-state index contributed by atoms with van der Waals surface area (Å²) < 4.78 is 12.8. The molecule has 0 unspecified atom stereocenters. The van der Waals surface area contributed by atoms with Gasteiger partial charge in [0.25, 0.3) is 5.69 Å². The average Bonchev–Trinajstić information content (AvgIpc) is 2.58. The van der Waals surface area contributed by atoms with E-state index in [2.05, 4.69) is 10.6 Å². The van der Waals surface area contributed by atoms with Crippen molar-refractivity contribution in [3.63, 3.8) is 0 Å². The predicted molar refractivity (Wildman–Crippen MR) is 91.7 cm³/mol. The smallest absolute Gasteiger partial charge is 0.269 e. The molecule has 0 fully saturated rings. The highest BCUT2D eigenvalue weighted by Crippen LogP contribution is 2.17. The van der Waals surface area contributed by atoms with E-state index in [0.717, 1.165) is 10.6 Å². The largest absolute Gasteiger partial charge is 0.383 e. The van der Waals surface area contributed by atoms with E-state index in [0.29, 0.717) is 13.1 Å². The molecule has 24 heavy (non-hydrogen) atoms. The molecule has 8 heteroatoms. The summed E-state index contributed by atoms with van der Waals surface area (Å²) in [6, 6.07) is 12.0. The van der Waals surface area contributed by atoms with Gasteiger partial charge in [0, 0.05) is 35.8 Å². The Morgan fingerprint density at radius 2 is 1.75 bits per heavy atom. The Hall–Kier alpha value is -2.61. The number of thioether (sulfide) groups is 1. The second kappa shape index (κ2) is 8.88. The van der Waals surface area contributed by atoms with Crippen LogP contribution in [0.4, 0.5) is 15.8 Å². The van der Waals surface area contributed by atoms with Crippen molar-refractivity contribution in [2.24, 2.45) is 0 Å². The van der Waals surface area contributed by atoms with Crippen LogP contribution in [0.1, 0.15) is 0 Å². The van der Waals surface area contributed by atoms with Crippen LogP contribution in [0.3, 0.4) is 0 Å². The molecule has 0 heterocycles. The van der Waals surface area contributed by atoms with E-state index in [1.54, 1.807) is 24.3 Å². The number of amides is 1. The highest BCUT2D eigenvalue weighted by molar-refractivity contribution is 8.00. The molecule has 0 bridgehead atoms. The van der Waals surface area contributed by atoms with E-state index in [4.69, 9.17) is 0 Å². The molecular formula is C16H16FN3O3S. The number of nitrogens with one attached hydrogen (secondary N) is 2. The summed E-state index contributed by atoms with van der Waals surface area (Å²) in [4.78, 5) is 22.6. The van der Waals surface area contributed by atoms with Crippen LogP contribution in [-0.4, -0.2) is 29.7 Å². The summed E-state index contributed by atoms with van der Waals surface area (Å²) in [5.74, 6) is -0.167. The Kier molecular flexibility index (Phi) is 6.56. The zero-order valence-electron chi connectivity index (χ0n) is 12.7. The third-order valence-electron chi connectivity index (χ3n) is 3.04. The maximum Gasteiger partial charge on any atom is 0.269 e. The van der Waals surface area contributed by atoms with Crippen molar-refractivity contribution in [2.45, 2.75) is 4.90 Å². The summed E-state index contributed by atoms with van der Waals surface area (Å²) in [6.07, 6.45) is 0. The van der Waals surface area contributed by atoms with Crippen molar-refractivity contribution in [3.8, 4) is 0 Å². The highest BCUT2D eigenvalue weighted by atomic mass is 32.2. The standard InChI is InChI=1S/C16H16FN3O3S/c17-12-1-7-15(8-2-12)24-11-16(21)19-10-9-18-13-3-5-14(6-4-13)20(22)23/h1-8,18H,9-11H2,(H,19,21). The van der Waals surface area contributed by atoms with Crippen LogP contribution in [0, 0.1) is 15.9 Å². The van der Waals surface area contributed by atoms with Crippen molar-refractivity contribution in [3.05, 3.63) is 64.5 Å². The SMILES string of the molecule is O=C(CSc1ccc(F)cc1)NCCNc1ccc([N+](=O)[O-])cc1. The van der Waals surface area contributed by atoms with Gasteiger partial charge in [-0.1, -0.05) is 0 Å². The molecule has 0 aromatic heterocycles. The monoisotopic (exact) mass is 349 g/mol. The molecule has 2 aromatic rings. The van der Waals surface area contributed by atoms with Crippen LogP contribution in [0.25, 0.3) is 0 Å². The lowest BCUT2D eigenvalue weighted by Crippen LogP contribution is -2.30. The fourth-order valence-electron chi connectivity index (χ4n) is 1.84. The van der Waals surface area contributed by atoms with Gasteiger partial charge < -0.3 is 10.6 Å². The third-order valence-corrected chi connectivity index (χ3v) is 4.05. The molecule has 126 valence electrons. The first-order chi connectivity index (χ1) is 11.5. The second-order valence-corrected chi connectivity index (χ2v) is 5.87. The Morgan fingerprint density at radius 1 is 1.08 bits per heavy atom. The molecule has 2 aromatic carbocycles. The Bertz CT molecular complexity index is 693. The summed E-state index contributed by atoms with van der Waals surface area (Å²) in [6.45, 7) is 0.935. The van der Waals surface area contributed by atoms with Gasteiger partial charge in [0.05, 0.1) is 10.7 Å². The number of carbonyl (C=O) groups is 1. The van der Waals surface area contributed by atoms with E-state index in [-0.39, 0.29) is 23.2 Å². The van der Waals surface area contributed by atoms with Crippen molar-refractivity contribution in [1.82, 2.24) is 5.32 Å². The zero-order valence-corrected chi connectivity index (χ0v) is 13.5. The maximum atomic E-state index is 12.8. The molecule has 2 rings (SSSR count). The minimum atomic E-state index is -0.456. The molecule has 1 amide bonds. The highest BCUT2D eigenvalue weighted by Gasteiger charge is 2.04. The molecule has 6 nitrogen and oxygen atoms in total. The number of rotatable bonds is 8. The molecular weight excluding hydrogens is 333 g/mol. The molecule has 0 aliphatic heterocycles. The van der Waals surface area contributed by atoms with Gasteiger partial charge in [-0.15, -0.1) is 11.8 Å². The number of non-ortho nitro benzene ring substituents is 1. The molecule has 0 atom stereocenters. The van der Waals surface area contributed by atoms with Gasteiger partial charge in [-0.3, -0.25) is 14.9 Å². The van der Waals surface area contributed by atoms with E-state index in [1.165, 1.54) is 36.0 Å². The lowest BCUT2D eigenvalue weighted by Gasteiger charge is -2.08. The third kappa shape index (κ3) is 5.88. The van der Waals surface area contributed by atoms with Crippen LogP contribution in [0.5, 0.6) is 0 Å². The van der Waals surface area contributed by atoms with Crippen molar-refractivity contribution >= 4 is 29.0 Å². The number of nitro groups is 1. The summed E-state index contributed by atoms with van der Waals surface area (Å²) in [5.41, 5.74) is 0.780. The number of hydrogen-bond acceptors (Lipinski definition) is 5. The Balaban J connectivity index is 1.63. The summed E-state index contributed by atoms with van der Waals surface area (Å²) in [5, 5.41) is 16.4. The van der Waals surface area contributed by atoms with Gasteiger partial charge in [0.15, 0.2) is 0 Å². The number of nitro benzene ring substituents is 1. The molecule has 0 saturated heterocycles. The molecule has 2 N–H and O–H groups in total. The normalized spacial score (nSPS) is 10.2.